The topological polar surface area (TPSA) is 83.6 Å². The summed E-state index contributed by atoms with van der Waals surface area (Å²) in [5, 5.41) is 16.2. The molecule has 0 aliphatic rings. The highest BCUT2D eigenvalue weighted by atomic mass is 16.1. The van der Waals surface area contributed by atoms with Crippen molar-refractivity contribution in [2.45, 2.75) is 32.1 Å². The molecule has 2 aromatic carbocycles. The molecule has 1 N–H and O–H groups in total. The number of hydrogen-bond acceptors (Lipinski definition) is 4. The molecule has 4 aromatic rings. The van der Waals surface area contributed by atoms with Crippen molar-refractivity contribution in [3.8, 4) is 17.2 Å². The number of amides is 1. The molecular formula is C28H27N5O. The van der Waals surface area contributed by atoms with Gasteiger partial charge in [0.05, 0.1) is 23.7 Å². The van der Waals surface area contributed by atoms with Gasteiger partial charge in [-0.05, 0) is 61.6 Å². The largest absolute Gasteiger partial charge is 0.310 e. The van der Waals surface area contributed by atoms with Gasteiger partial charge in [0, 0.05) is 30.6 Å². The molecule has 1 atom stereocenters. The van der Waals surface area contributed by atoms with Crippen LogP contribution in [0.3, 0.4) is 0 Å². The van der Waals surface area contributed by atoms with Gasteiger partial charge in [0.15, 0.2) is 0 Å². The van der Waals surface area contributed by atoms with Crippen molar-refractivity contribution in [3.63, 3.8) is 0 Å². The van der Waals surface area contributed by atoms with Gasteiger partial charge in [-0.25, -0.2) is 4.98 Å². The number of anilines is 1. The number of aromatic nitrogens is 3. The van der Waals surface area contributed by atoms with Crippen molar-refractivity contribution >= 4 is 11.7 Å². The van der Waals surface area contributed by atoms with Crippen molar-refractivity contribution in [2.24, 2.45) is 7.05 Å². The Bertz CT molecular complexity index is 1300. The third-order valence-corrected chi connectivity index (χ3v) is 5.86. The lowest BCUT2D eigenvalue weighted by molar-refractivity contribution is -0.117. The summed E-state index contributed by atoms with van der Waals surface area (Å²) in [5.74, 6) is 0.188. The lowest BCUT2D eigenvalue weighted by Crippen LogP contribution is -2.22. The van der Waals surface area contributed by atoms with E-state index in [4.69, 9.17) is 5.26 Å². The zero-order valence-electron chi connectivity index (χ0n) is 19.4. The van der Waals surface area contributed by atoms with E-state index in [9.17, 15) is 4.79 Å². The van der Waals surface area contributed by atoms with Crippen LogP contribution in [-0.4, -0.2) is 20.7 Å². The van der Waals surface area contributed by atoms with E-state index in [0.29, 0.717) is 17.8 Å². The fraction of sp³-hybridized carbons (Fsp3) is 0.214. The normalized spacial score (nSPS) is 11.6. The molecule has 2 aromatic heterocycles. The highest BCUT2D eigenvalue weighted by Crippen LogP contribution is 2.26. The number of nitrogens with one attached hydrogen (secondary N) is 1. The van der Waals surface area contributed by atoms with Gasteiger partial charge in [0.1, 0.15) is 5.82 Å². The average Bonchev–Trinajstić information content (AvgIpc) is 3.29. The molecule has 170 valence electrons. The van der Waals surface area contributed by atoms with Gasteiger partial charge in [0.25, 0.3) is 0 Å². The van der Waals surface area contributed by atoms with E-state index in [1.54, 1.807) is 17.1 Å². The molecule has 1 unspecified atom stereocenters. The van der Waals surface area contributed by atoms with Gasteiger partial charge in [0.2, 0.25) is 5.91 Å². The molecule has 4 rings (SSSR count). The Labute approximate surface area is 199 Å². The fourth-order valence-corrected chi connectivity index (χ4v) is 4.01. The molecule has 0 aliphatic carbocycles. The van der Waals surface area contributed by atoms with Crippen LogP contribution in [0.2, 0.25) is 0 Å². The molecule has 1 amide bonds. The molecule has 0 saturated carbocycles. The Morgan fingerprint density at radius 3 is 2.56 bits per heavy atom. The lowest BCUT2D eigenvalue weighted by Gasteiger charge is -2.18. The van der Waals surface area contributed by atoms with Crippen LogP contribution in [0.1, 0.15) is 41.0 Å². The number of benzene rings is 2. The van der Waals surface area contributed by atoms with E-state index in [0.717, 1.165) is 40.7 Å². The summed E-state index contributed by atoms with van der Waals surface area (Å²) in [5.41, 5.74) is 5.88. The van der Waals surface area contributed by atoms with Crippen LogP contribution < -0.4 is 5.32 Å². The first-order valence-electron chi connectivity index (χ1n) is 11.3. The second kappa shape index (κ2) is 10.6. The molecule has 34 heavy (non-hydrogen) atoms. The van der Waals surface area contributed by atoms with Gasteiger partial charge in [-0.3, -0.25) is 9.48 Å². The smallest absolute Gasteiger partial charge is 0.233 e. The summed E-state index contributed by atoms with van der Waals surface area (Å²) in [6.45, 7) is 2.04. The first-order chi connectivity index (χ1) is 16.5. The maximum Gasteiger partial charge on any atom is 0.233 e. The standard InChI is InChI=1S/C28H27N5O/c1-20-5-3-7-23(15-20)26(8-4-6-21-9-11-22(16-29)12-10-21)28(34)32-27-14-13-24(17-30-27)25-18-31-33(2)19-25/h3,5,7,9-15,17-19,26H,4,6,8H2,1-2H3,(H,30,32,34). The number of hydrogen-bond donors (Lipinski definition) is 1. The quantitative estimate of drug-likeness (QED) is 0.390. The van der Waals surface area contributed by atoms with Crippen LogP contribution in [0, 0.1) is 18.3 Å². The number of nitriles is 1. The van der Waals surface area contributed by atoms with Crippen molar-refractivity contribution in [1.29, 1.82) is 5.26 Å². The van der Waals surface area contributed by atoms with E-state index in [1.165, 1.54) is 0 Å². The number of carbonyl (C=O) groups is 1. The van der Waals surface area contributed by atoms with Crippen LogP contribution in [0.4, 0.5) is 5.82 Å². The summed E-state index contributed by atoms with van der Waals surface area (Å²) < 4.78 is 1.75. The van der Waals surface area contributed by atoms with Crippen LogP contribution in [-0.2, 0) is 18.3 Å². The molecule has 0 saturated heterocycles. The molecule has 0 aliphatic heterocycles. The summed E-state index contributed by atoms with van der Waals surface area (Å²) in [7, 11) is 1.87. The Balaban J connectivity index is 1.45. The maximum atomic E-state index is 13.3. The first kappa shape index (κ1) is 22.9. The molecule has 0 fully saturated rings. The number of pyridine rings is 1. The average molecular weight is 450 g/mol. The highest BCUT2D eigenvalue weighted by molar-refractivity contribution is 5.95. The number of nitrogens with zero attached hydrogens (tertiary/aromatic N) is 4. The fourth-order valence-electron chi connectivity index (χ4n) is 4.01. The van der Waals surface area contributed by atoms with E-state index in [1.807, 2.05) is 74.8 Å². The van der Waals surface area contributed by atoms with Crippen molar-refractivity contribution < 1.29 is 4.79 Å². The lowest BCUT2D eigenvalue weighted by atomic mass is 9.90. The van der Waals surface area contributed by atoms with Crippen LogP contribution in [0.5, 0.6) is 0 Å². The molecule has 0 spiro atoms. The molecular weight excluding hydrogens is 422 g/mol. The van der Waals surface area contributed by atoms with Gasteiger partial charge >= 0.3 is 0 Å². The predicted molar refractivity (Wildman–Crippen MR) is 133 cm³/mol. The van der Waals surface area contributed by atoms with E-state index in [-0.39, 0.29) is 11.8 Å². The molecule has 2 heterocycles. The SMILES string of the molecule is Cc1cccc(C(CCCc2ccc(C#N)cc2)C(=O)Nc2ccc(-c3cnn(C)c3)cn2)c1. The summed E-state index contributed by atoms with van der Waals surface area (Å²) in [6.07, 6.45) is 7.88. The Morgan fingerprint density at radius 1 is 1.09 bits per heavy atom. The maximum absolute atomic E-state index is 13.3. The molecule has 6 heteroatoms. The second-order valence-corrected chi connectivity index (χ2v) is 8.49. The zero-order valence-corrected chi connectivity index (χ0v) is 19.4. The number of aryl methyl sites for hydroxylation is 3. The predicted octanol–water partition coefficient (Wildman–Crippen LogP) is 5.41. The van der Waals surface area contributed by atoms with Crippen molar-refractivity contribution in [3.05, 3.63) is 102 Å². The second-order valence-electron chi connectivity index (χ2n) is 8.49. The monoisotopic (exact) mass is 449 g/mol. The minimum Gasteiger partial charge on any atom is -0.310 e. The molecule has 6 nitrogen and oxygen atoms in total. The summed E-state index contributed by atoms with van der Waals surface area (Å²) in [4.78, 5) is 17.8. The third kappa shape index (κ3) is 5.76. The first-order valence-corrected chi connectivity index (χ1v) is 11.3. The minimum atomic E-state index is -0.280. The van der Waals surface area contributed by atoms with Crippen LogP contribution in [0.15, 0.2) is 79.3 Å². The Morgan fingerprint density at radius 2 is 1.91 bits per heavy atom. The van der Waals surface area contributed by atoms with Gasteiger partial charge in [-0.1, -0.05) is 42.0 Å². The Kier molecular flexibility index (Phi) is 7.14. The zero-order chi connectivity index (χ0) is 23.9. The molecule has 0 radical (unpaired) electrons. The van der Waals surface area contributed by atoms with Crippen molar-refractivity contribution in [2.75, 3.05) is 5.32 Å². The van der Waals surface area contributed by atoms with E-state index < -0.39 is 0 Å². The highest BCUT2D eigenvalue weighted by Gasteiger charge is 2.21. The van der Waals surface area contributed by atoms with Crippen LogP contribution >= 0.6 is 0 Å². The number of carbonyl (C=O) groups excluding carboxylic acids is 1. The van der Waals surface area contributed by atoms with Crippen LogP contribution in [0.25, 0.3) is 11.1 Å². The third-order valence-electron chi connectivity index (χ3n) is 5.86. The minimum absolute atomic E-state index is 0.0629. The summed E-state index contributed by atoms with van der Waals surface area (Å²) in [6, 6.07) is 21.6. The summed E-state index contributed by atoms with van der Waals surface area (Å²) >= 11 is 0. The van der Waals surface area contributed by atoms with E-state index >= 15 is 0 Å². The van der Waals surface area contributed by atoms with Gasteiger partial charge in [-0.15, -0.1) is 0 Å². The van der Waals surface area contributed by atoms with E-state index in [2.05, 4.69) is 27.5 Å². The number of rotatable bonds is 8. The Hall–Kier alpha value is -4.24. The van der Waals surface area contributed by atoms with Crippen molar-refractivity contribution in [1.82, 2.24) is 14.8 Å². The van der Waals surface area contributed by atoms with Gasteiger partial charge in [-0.2, -0.15) is 10.4 Å². The van der Waals surface area contributed by atoms with Gasteiger partial charge < -0.3 is 5.32 Å². The molecule has 0 bridgehead atoms.